The van der Waals surface area contributed by atoms with E-state index in [0.29, 0.717) is 11.1 Å². The number of halogens is 3. The molecule has 2 heterocycles. The van der Waals surface area contributed by atoms with Gasteiger partial charge in [-0.05, 0) is 47.7 Å². The molecule has 0 aliphatic rings. The van der Waals surface area contributed by atoms with Crippen LogP contribution < -0.4 is 5.43 Å². The summed E-state index contributed by atoms with van der Waals surface area (Å²) in [5.74, 6) is -0.250. The van der Waals surface area contributed by atoms with E-state index < -0.39 is 35.3 Å². The molecule has 6 nitrogen and oxygen atoms in total. The van der Waals surface area contributed by atoms with E-state index in [1.807, 2.05) is 0 Å². The highest BCUT2D eigenvalue weighted by atomic mass is 19.4. The summed E-state index contributed by atoms with van der Waals surface area (Å²) in [6.07, 6.45) is -4.54. The quantitative estimate of drug-likeness (QED) is 0.351. The van der Waals surface area contributed by atoms with Gasteiger partial charge in [-0.15, -0.1) is 0 Å². The van der Waals surface area contributed by atoms with Crippen LogP contribution in [-0.4, -0.2) is 36.6 Å². The van der Waals surface area contributed by atoms with Crippen molar-refractivity contribution in [1.29, 1.82) is 0 Å². The van der Waals surface area contributed by atoms with Gasteiger partial charge in [0.25, 0.3) is 0 Å². The zero-order chi connectivity index (χ0) is 26.3. The molecule has 3 N–H and O–H groups in total. The number of nitrogens with zero attached hydrogens (tertiary/aromatic N) is 2. The number of benzene rings is 2. The number of phenols is 1. The number of para-hydroxylation sites is 1. The van der Waals surface area contributed by atoms with E-state index in [0.717, 1.165) is 16.8 Å². The normalized spacial score (nSPS) is 15.0. The molecule has 2 atom stereocenters. The molecule has 0 radical (unpaired) electrons. The summed E-state index contributed by atoms with van der Waals surface area (Å²) in [4.78, 5) is 16.2. The maximum atomic E-state index is 14.5. The van der Waals surface area contributed by atoms with Crippen LogP contribution in [0.15, 0.2) is 84.0 Å². The Labute approximate surface area is 204 Å². The molecule has 4 aromatic rings. The molecular weight excluding hydrogens is 473 g/mol. The molecule has 0 bridgehead atoms. The minimum absolute atomic E-state index is 0.0411. The molecule has 0 aliphatic heterocycles. The lowest BCUT2D eigenvalue weighted by Crippen LogP contribution is -2.55. The SMILES string of the molecule is CC(C)(CC(O)(C(O)n1ccc(=O)c2ccccc21)C(F)(F)F)c1cc(-c2cccnc2)ccc1O. The highest BCUT2D eigenvalue weighted by Crippen LogP contribution is 2.48. The summed E-state index contributed by atoms with van der Waals surface area (Å²) < 4.78 is 44.2. The van der Waals surface area contributed by atoms with Crippen molar-refractivity contribution in [2.75, 3.05) is 0 Å². The minimum Gasteiger partial charge on any atom is -0.508 e. The van der Waals surface area contributed by atoms with E-state index in [2.05, 4.69) is 4.98 Å². The van der Waals surface area contributed by atoms with Crippen LogP contribution in [0.1, 0.15) is 32.1 Å². The molecule has 0 saturated heterocycles. The van der Waals surface area contributed by atoms with Crippen molar-refractivity contribution < 1.29 is 28.5 Å². The van der Waals surface area contributed by atoms with E-state index in [-0.39, 0.29) is 22.2 Å². The van der Waals surface area contributed by atoms with Crippen molar-refractivity contribution in [2.24, 2.45) is 0 Å². The lowest BCUT2D eigenvalue weighted by molar-refractivity contribution is -0.310. The van der Waals surface area contributed by atoms with Crippen LogP contribution in [0.2, 0.25) is 0 Å². The first kappa shape index (κ1) is 25.4. The van der Waals surface area contributed by atoms with Crippen LogP contribution in [-0.2, 0) is 5.41 Å². The Hall–Kier alpha value is -3.69. The van der Waals surface area contributed by atoms with Crippen molar-refractivity contribution in [2.45, 2.75) is 43.7 Å². The van der Waals surface area contributed by atoms with Crippen molar-refractivity contribution >= 4 is 10.9 Å². The molecule has 4 rings (SSSR count). The highest BCUT2D eigenvalue weighted by Gasteiger charge is 2.61. The summed E-state index contributed by atoms with van der Waals surface area (Å²) in [6.45, 7) is 2.89. The number of aliphatic hydroxyl groups is 2. The van der Waals surface area contributed by atoms with Crippen LogP contribution in [0.3, 0.4) is 0 Å². The van der Waals surface area contributed by atoms with E-state index >= 15 is 0 Å². The van der Waals surface area contributed by atoms with Gasteiger partial charge in [0.05, 0.1) is 5.52 Å². The van der Waals surface area contributed by atoms with Gasteiger partial charge in [-0.2, -0.15) is 13.2 Å². The molecule has 0 spiro atoms. The predicted octanol–water partition coefficient (Wildman–Crippen LogP) is 4.92. The molecule has 2 unspecified atom stereocenters. The fraction of sp³-hybridized carbons (Fsp3) is 0.259. The minimum atomic E-state index is -5.26. The summed E-state index contributed by atoms with van der Waals surface area (Å²) >= 11 is 0. The van der Waals surface area contributed by atoms with E-state index in [1.54, 1.807) is 42.7 Å². The maximum absolute atomic E-state index is 14.5. The number of fused-ring (bicyclic) bond motifs is 1. The van der Waals surface area contributed by atoms with Gasteiger partial charge in [0.15, 0.2) is 11.7 Å². The maximum Gasteiger partial charge on any atom is 0.421 e. The smallest absolute Gasteiger partial charge is 0.421 e. The Bertz CT molecular complexity index is 1450. The molecule has 9 heteroatoms. The highest BCUT2D eigenvalue weighted by molar-refractivity contribution is 5.78. The van der Waals surface area contributed by atoms with Gasteiger partial charge in [0.1, 0.15) is 5.75 Å². The summed E-state index contributed by atoms with van der Waals surface area (Å²) in [5.41, 5.74) is -4.01. The number of phenolic OH excluding ortho intramolecular Hbond substituents is 1. The Morgan fingerprint density at radius 2 is 1.72 bits per heavy atom. The van der Waals surface area contributed by atoms with Gasteiger partial charge in [0.2, 0.25) is 5.60 Å². The van der Waals surface area contributed by atoms with Crippen molar-refractivity contribution in [3.05, 3.63) is 95.0 Å². The molecule has 0 aliphatic carbocycles. The Balaban J connectivity index is 1.81. The van der Waals surface area contributed by atoms with Crippen LogP contribution in [0.4, 0.5) is 13.2 Å². The van der Waals surface area contributed by atoms with E-state index in [4.69, 9.17) is 0 Å². The van der Waals surface area contributed by atoms with E-state index in [1.165, 1.54) is 38.1 Å². The van der Waals surface area contributed by atoms with Crippen molar-refractivity contribution in [1.82, 2.24) is 9.55 Å². The van der Waals surface area contributed by atoms with Gasteiger partial charge in [0, 0.05) is 41.2 Å². The first-order valence-corrected chi connectivity index (χ1v) is 11.2. The van der Waals surface area contributed by atoms with Crippen LogP contribution >= 0.6 is 0 Å². The third-order valence-corrected chi connectivity index (χ3v) is 6.45. The van der Waals surface area contributed by atoms with Gasteiger partial charge in [-0.1, -0.05) is 38.1 Å². The number of aliphatic hydroxyl groups excluding tert-OH is 1. The fourth-order valence-corrected chi connectivity index (χ4v) is 4.57. The Morgan fingerprint density at radius 1 is 1.00 bits per heavy atom. The number of alkyl halides is 3. The molecular formula is C27H25F3N2O4. The second-order valence-corrected chi connectivity index (χ2v) is 9.43. The number of aromatic nitrogens is 2. The third kappa shape index (κ3) is 4.47. The summed E-state index contributed by atoms with van der Waals surface area (Å²) in [6, 6.07) is 14.9. The molecule has 0 fully saturated rings. The van der Waals surface area contributed by atoms with Crippen LogP contribution in [0.5, 0.6) is 5.75 Å². The number of rotatable bonds is 6. The summed E-state index contributed by atoms with van der Waals surface area (Å²) in [7, 11) is 0. The zero-order valence-electron chi connectivity index (χ0n) is 19.6. The predicted molar refractivity (Wildman–Crippen MR) is 129 cm³/mol. The number of hydrogen-bond donors (Lipinski definition) is 3. The third-order valence-electron chi connectivity index (χ3n) is 6.45. The van der Waals surface area contributed by atoms with E-state index in [9.17, 15) is 33.3 Å². The van der Waals surface area contributed by atoms with Gasteiger partial charge < -0.3 is 19.9 Å². The average molecular weight is 499 g/mol. The monoisotopic (exact) mass is 498 g/mol. The van der Waals surface area contributed by atoms with Crippen molar-refractivity contribution in [3.63, 3.8) is 0 Å². The topological polar surface area (TPSA) is 95.6 Å². The molecule has 2 aromatic carbocycles. The lowest BCUT2D eigenvalue weighted by Gasteiger charge is -2.41. The Kier molecular flexibility index (Phi) is 6.40. The zero-order valence-corrected chi connectivity index (χ0v) is 19.6. The van der Waals surface area contributed by atoms with Gasteiger partial charge in [-0.3, -0.25) is 9.78 Å². The number of hydrogen-bond acceptors (Lipinski definition) is 5. The van der Waals surface area contributed by atoms with Crippen LogP contribution in [0, 0.1) is 0 Å². The largest absolute Gasteiger partial charge is 0.508 e. The number of pyridine rings is 2. The van der Waals surface area contributed by atoms with Gasteiger partial charge >= 0.3 is 6.18 Å². The fourth-order valence-electron chi connectivity index (χ4n) is 4.57. The molecule has 36 heavy (non-hydrogen) atoms. The molecule has 0 saturated carbocycles. The Morgan fingerprint density at radius 3 is 2.39 bits per heavy atom. The second kappa shape index (κ2) is 9.07. The second-order valence-electron chi connectivity index (χ2n) is 9.43. The van der Waals surface area contributed by atoms with Crippen LogP contribution in [0.25, 0.3) is 22.0 Å². The number of aromatic hydroxyl groups is 1. The van der Waals surface area contributed by atoms with Crippen molar-refractivity contribution in [3.8, 4) is 16.9 Å². The standard InChI is InChI=1S/C27H25F3N2O4/c1-25(2,20-14-17(9-10-23(20)34)18-6-5-12-31-15-18)16-26(36,27(28,29)30)24(35)32-13-11-22(33)19-7-3-4-8-21(19)32/h3-15,24,34-36H,16H2,1-2H3. The average Bonchev–Trinajstić information content (AvgIpc) is 2.84. The molecule has 0 amide bonds. The first-order chi connectivity index (χ1) is 16.8. The molecule has 2 aromatic heterocycles. The lowest BCUT2D eigenvalue weighted by atomic mass is 9.73. The summed E-state index contributed by atoms with van der Waals surface area (Å²) in [5, 5.41) is 32.8. The molecule has 188 valence electrons. The first-order valence-electron chi connectivity index (χ1n) is 11.2. The van der Waals surface area contributed by atoms with Gasteiger partial charge in [-0.25, -0.2) is 0 Å².